The van der Waals surface area contributed by atoms with Crippen molar-refractivity contribution in [3.63, 3.8) is 0 Å². The molecule has 1 aliphatic carbocycles. The lowest BCUT2D eigenvalue weighted by atomic mass is 9.84. The topological polar surface area (TPSA) is 54.6 Å². The second-order valence-electron chi connectivity index (χ2n) is 9.21. The Kier molecular flexibility index (Phi) is 6.57. The minimum atomic E-state index is -0.577. The summed E-state index contributed by atoms with van der Waals surface area (Å²) >= 11 is 0. The zero-order valence-corrected chi connectivity index (χ0v) is 19.3. The highest BCUT2D eigenvalue weighted by Crippen LogP contribution is 2.38. The fourth-order valence-electron chi connectivity index (χ4n) is 5.22. The Bertz CT molecular complexity index is 1290. The van der Waals surface area contributed by atoms with Gasteiger partial charge in [-0.1, -0.05) is 98.8 Å². The summed E-state index contributed by atoms with van der Waals surface area (Å²) in [6, 6.07) is 26.8. The molecule has 1 heterocycles. The Morgan fingerprint density at radius 3 is 2.29 bits per heavy atom. The molecule has 0 amide bonds. The number of ketones is 1. The Balaban J connectivity index is 1.61. The van der Waals surface area contributed by atoms with Gasteiger partial charge in [-0.3, -0.25) is 14.4 Å². The Morgan fingerprint density at radius 1 is 0.912 bits per heavy atom. The van der Waals surface area contributed by atoms with Gasteiger partial charge < -0.3 is 5.11 Å². The number of Topliss-reactive ketones (excluding diaryl/α,β-unsaturated/α-hetero) is 1. The largest absolute Gasteiger partial charge is 0.494 e. The number of nitrogens with zero attached hydrogens (tertiary/aromatic N) is 2. The summed E-state index contributed by atoms with van der Waals surface area (Å²) in [5.41, 5.74) is 3.17. The summed E-state index contributed by atoms with van der Waals surface area (Å²) in [6.45, 7) is 0. The molecule has 1 N–H and O–H groups in total. The second kappa shape index (κ2) is 10.1. The zero-order chi connectivity index (χ0) is 23.3. The van der Waals surface area contributed by atoms with Crippen LogP contribution < -0.4 is 0 Å². The molecule has 3 aromatic carbocycles. The molecule has 1 atom stereocenters. The molecule has 0 saturated heterocycles. The fraction of sp³-hybridized carbons (Fsp3) is 0.267. The van der Waals surface area contributed by atoms with Crippen LogP contribution in [0.1, 0.15) is 55.7 Å². The summed E-state index contributed by atoms with van der Waals surface area (Å²) in [5.74, 6) is 0.656. The van der Waals surface area contributed by atoms with Gasteiger partial charge >= 0.3 is 0 Å². The number of hydrogen-bond acceptors (Lipinski definition) is 3. The Morgan fingerprint density at radius 2 is 1.56 bits per heavy atom. The molecular formula is C30H30N2O2. The van der Waals surface area contributed by atoms with Crippen molar-refractivity contribution < 1.29 is 9.90 Å². The molecule has 1 aliphatic rings. The average Bonchev–Trinajstić information content (AvgIpc) is 3.16. The lowest BCUT2D eigenvalue weighted by molar-refractivity contribution is -0.122. The van der Waals surface area contributed by atoms with Crippen molar-refractivity contribution in [2.75, 3.05) is 0 Å². The first kappa shape index (κ1) is 22.1. The van der Waals surface area contributed by atoms with Crippen LogP contribution in [0.5, 0.6) is 5.88 Å². The summed E-state index contributed by atoms with van der Waals surface area (Å²) in [7, 11) is 0. The Labute approximate surface area is 200 Å². The van der Waals surface area contributed by atoms with Gasteiger partial charge in [0.05, 0.1) is 16.8 Å². The molecule has 1 aromatic heterocycles. The van der Waals surface area contributed by atoms with Crippen molar-refractivity contribution in [3.8, 4) is 5.88 Å². The van der Waals surface area contributed by atoms with E-state index < -0.39 is 6.04 Å². The second-order valence-corrected chi connectivity index (χ2v) is 9.21. The summed E-state index contributed by atoms with van der Waals surface area (Å²) < 4.78 is 1.81. The van der Waals surface area contributed by atoms with E-state index in [1.54, 1.807) is 6.21 Å². The molecule has 0 aliphatic heterocycles. The van der Waals surface area contributed by atoms with Gasteiger partial charge in [0.2, 0.25) is 5.88 Å². The monoisotopic (exact) mass is 450 g/mol. The van der Waals surface area contributed by atoms with E-state index in [-0.39, 0.29) is 11.7 Å². The fourth-order valence-corrected chi connectivity index (χ4v) is 5.22. The standard InChI is InChI=1S/C30H30N2O2/c33-28(20-22-12-4-1-5-13-22)29(23-14-6-2-7-15-23)32-27-19-11-10-18-25(27)26(30(32)34)21-31-24-16-8-3-9-17-24/h2-3,6-11,14-19,21-22,29,34H,1,4-5,12-13,20H2. The molecule has 1 fully saturated rings. The molecule has 172 valence electrons. The minimum absolute atomic E-state index is 0.0757. The first-order chi connectivity index (χ1) is 16.7. The molecular weight excluding hydrogens is 420 g/mol. The van der Waals surface area contributed by atoms with E-state index in [9.17, 15) is 9.90 Å². The SMILES string of the molecule is O=C(CC1CCCCC1)C(c1ccccc1)n1c(O)c(C=Nc2ccccc2)c2ccccc21. The zero-order valence-electron chi connectivity index (χ0n) is 19.3. The quantitative estimate of drug-likeness (QED) is 0.302. The van der Waals surface area contributed by atoms with Crippen molar-refractivity contribution >= 4 is 28.6 Å². The van der Waals surface area contributed by atoms with Gasteiger partial charge in [0.1, 0.15) is 6.04 Å². The van der Waals surface area contributed by atoms with Crippen LogP contribution in [0.2, 0.25) is 0 Å². The normalized spacial score (nSPS) is 15.6. The molecule has 4 aromatic rings. The van der Waals surface area contributed by atoms with Gasteiger partial charge in [-0.05, 0) is 29.7 Å². The van der Waals surface area contributed by atoms with Crippen LogP contribution in [-0.2, 0) is 4.79 Å². The molecule has 1 unspecified atom stereocenters. The number of rotatable bonds is 7. The highest BCUT2D eigenvalue weighted by Gasteiger charge is 2.30. The molecule has 4 nitrogen and oxygen atoms in total. The maximum Gasteiger partial charge on any atom is 0.202 e. The smallest absolute Gasteiger partial charge is 0.202 e. The average molecular weight is 451 g/mol. The van der Waals surface area contributed by atoms with Gasteiger partial charge in [0.15, 0.2) is 5.78 Å². The summed E-state index contributed by atoms with van der Waals surface area (Å²) in [4.78, 5) is 18.4. The molecule has 0 bridgehead atoms. The third-order valence-electron chi connectivity index (χ3n) is 6.91. The number of aliphatic imine (C=N–C) groups is 1. The van der Waals surface area contributed by atoms with Crippen molar-refractivity contribution in [2.45, 2.75) is 44.6 Å². The number of fused-ring (bicyclic) bond motifs is 1. The number of carbonyl (C=O) groups is 1. The number of aromatic hydroxyl groups is 1. The number of para-hydroxylation sites is 2. The minimum Gasteiger partial charge on any atom is -0.494 e. The number of carbonyl (C=O) groups excluding carboxylic acids is 1. The van der Waals surface area contributed by atoms with Crippen LogP contribution in [0.25, 0.3) is 10.9 Å². The first-order valence-electron chi connectivity index (χ1n) is 12.2. The molecule has 0 radical (unpaired) electrons. The predicted molar refractivity (Wildman–Crippen MR) is 138 cm³/mol. The van der Waals surface area contributed by atoms with Gasteiger partial charge in [0.25, 0.3) is 0 Å². The summed E-state index contributed by atoms with van der Waals surface area (Å²) in [6.07, 6.45) is 8.13. The van der Waals surface area contributed by atoms with Crippen LogP contribution in [0, 0.1) is 5.92 Å². The van der Waals surface area contributed by atoms with Crippen molar-refractivity contribution in [2.24, 2.45) is 10.9 Å². The highest BCUT2D eigenvalue weighted by atomic mass is 16.3. The third-order valence-corrected chi connectivity index (χ3v) is 6.91. The third kappa shape index (κ3) is 4.54. The lowest BCUT2D eigenvalue weighted by Crippen LogP contribution is -2.24. The van der Waals surface area contributed by atoms with E-state index >= 15 is 0 Å². The number of benzene rings is 3. The van der Waals surface area contributed by atoms with Gasteiger partial charge in [-0.25, -0.2) is 0 Å². The van der Waals surface area contributed by atoms with Crippen LogP contribution in [0.15, 0.2) is 89.9 Å². The molecule has 4 heteroatoms. The van der Waals surface area contributed by atoms with E-state index in [0.29, 0.717) is 17.9 Å². The maximum absolute atomic E-state index is 13.8. The van der Waals surface area contributed by atoms with E-state index in [0.717, 1.165) is 35.0 Å². The van der Waals surface area contributed by atoms with Gasteiger partial charge in [0, 0.05) is 18.0 Å². The Hall–Kier alpha value is -3.66. The molecule has 1 saturated carbocycles. The van der Waals surface area contributed by atoms with Crippen LogP contribution in [0.4, 0.5) is 5.69 Å². The van der Waals surface area contributed by atoms with E-state index in [2.05, 4.69) is 4.99 Å². The van der Waals surface area contributed by atoms with Gasteiger partial charge in [-0.15, -0.1) is 0 Å². The number of aromatic nitrogens is 1. The van der Waals surface area contributed by atoms with E-state index in [1.807, 2.05) is 89.5 Å². The van der Waals surface area contributed by atoms with Crippen LogP contribution in [0.3, 0.4) is 0 Å². The van der Waals surface area contributed by atoms with Gasteiger partial charge in [-0.2, -0.15) is 0 Å². The summed E-state index contributed by atoms with van der Waals surface area (Å²) in [5, 5.41) is 12.4. The van der Waals surface area contributed by atoms with Crippen molar-refractivity contribution in [3.05, 3.63) is 96.1 Å². The molecule has 5 rings (SSSR count). The molecule has 34 heavy (non-hydrogen) atoms. The predicted octanol–water partition coefficient (Wildman–Crippen LogP) is 7.23. The number of hydrogen-bond donors (Lipinski definition) is 1. The maximum atomic E-state index is 13.8. The molecule has 0 spiro atoms. The highest BCUT2D eigenvalue weighted by molar-refractivity contribution is 6.04. The van der Waals surface area contributed by atoms with Crippen molar-refractivity contribution in [1.82, 2.24) is 4.57 Å². The van der Waals surface area contributed by atoms with E-state index in [4.69, 9.17) is 0 Å². The van der Waals surface area contributed by atoms with Crippen molar-refractivity contribution in [1.29, 1.82) is 0 Å². The lowest BCUT2D eigenvalue weighted by Gasteiger charge is -2.25. The van der Waals surface area contributed by atoms with Crippen LogP contribution >= 0.6 is 0 Å². The van der Waals surface area contributed by atoms with Crippen LogP contribution in [-0.4, -0.2) is 21.7 Å². The van der Waals surface area contributed by atoms with E-state index in [1.165, 1.54) is 19.3 Å². The first-order valence-corrected chi connectivity index (χ1v) is 12.2.